The first-order valence-electron chi connectivity index (χ1n) is 7.93. The van der Waals surface area contributed by atoms with E-state index in [1.165, 1.54) is 11.3 Å². The Morgan fingerprint density at radius 3 is 2.76 bits per heavy atom. The number of nitrogens with zero attached hydrogens (tertiary/aromatic N) is 1. The molecule has 4 heteroatoms. The fraction of sp³-hybridized carbons (Fsp3) is 0.647. The highest BCUT2D eigenvalue weighted by atomic mass is 35.5. The first-order chi connectivity index (χ1) is 10.1. The Labute approximate surface area is 133 Å². The molecule has 1 aromatic carbocycles. The lowest BCUT2D eigenvalue weighted by Crippen LogP contribution is -2.31. The quantitative estimate of drug-likeness (QED) is 0.874. The van der Waals surface area contributed by atoms with Crippen molar-refractivity contribution < 1.29 is 4.74 Å². The van der Waals surface area contributed by atoms with Gasteiger partial charge in [-0.05, 0) is 49.3 Å². The molecule has 0 radical (unpaired) electrons. The van der Waals surface area contributed by atoms with Gasteiger partial charge in [0.05, 0.1) is 0 Å². The summed E-state index contributed by atoms with van der Waals surface area (Å²) >= 11 is 6.42. The number of halogens is 1. The molecule has 3 nitrogen and oxygen atoms in total. The summed E-state index contributed by atoms with van der Waals surface area (Å²) in [6.07, 6.45) is 4.10. The van der Waals surface area contributed by atoms with Crippen LogP contribution in [0.15, 0.2) is 18.2 Å². The standard InChI is InChI=1S/C17H27ClN2O/c1-3-14(19)11-15-16(18)5-4-6-17(15)20(2)12-13-7-9-21-10-8-13/h4-6,13-14H,3,7-12,19H2,1-2H3. The van der Waals surface area contributed by atoms with Crippen LogP contribution in [0, 0.1) is 5.92 Å². The maximum absolute atomic E-state index is 6.42. The summed E-state index contributed by atoms with van der Waals surface area (Å²) in [5.41, 5.74) is 8.54. The first-order valence-corrected chi connectivity index (χ1v) is 8.31. The summed E-state index contributed by atoms with van der Waals surface area (Å²) in [6.45, 7) is 4.95. The summed E-state index contributed by atoms with van der Waals surface area (Å²) in [5, 5.41) is 0.829. The third-order valence-electron chi connectivity index (χ3n) is 4.37. The van der Waals surface area contributed by atoms with E-state index >= 15 is 0 Å². The Kier molecular flexibility index (Phi) is 6.34. The van der Waals surface area contributed by atoms with Crippen LogP contribution < -0.4 is 10.6 Å². The molecule has 0 bridgehead atoms. The summed E-state index contributed by atoms with van der Waals surface area (Å²) in [4.78, 5) is 2.33. The second-order valence-corrected chi connectivity index (χ2v) is 6.45. The molecule has 1 fully saturated rings. The molecule has 21 heavy (non-hydrogen) atoms. The van der Waals surface area contributed by atoms with Crippen LogP contribution in [0.4, 0.5) is 5.69 Å². The molecule has 0 aliphatic carbocycles. The predicted octanol–water partition coefficient (Wildman–Crippen LogP) is 3.48. The molecule has 0 saturated carbocycles. The highest BCUT2D eigenvalue weighted by Crippen LogP contribution is 2.29. The van der Waals surface area contributed by atoms with Crippen molar-refractivity contribution in [2.45, 2.75) is 38.6 Å². The van der Waals surface area contributed by atoms with Crippen molar-refractivity contribution in [3.8, 4) is 0 Å². The molecule has 1 heterocycles. The molecule has 1 unspecified atom stereocenters. The highest BCUT2D eigenvalue weighted by Gasteiger charge is 2.19. The molecule has 0 spiro atoms. The monoisotopic (exact) mass is 310 g/mol. The number of nitrogens with two attached hydrogens (primary N) is 1. The van der Waals surface area contributed by atoms with E-state index in [4.69, 9.17) is 22.1 Å². The second kappa shape index (κ2) is 8.02. The van der Waals surface area contributed by atoms with E-state index in [0.29, 0.717) is 5.92 Å². The molecule has 1 aliphatic rings. The number of rotatable bonds is 6. The van der Waals surface area contributed by atoms with Crippen LogP contribution >= 0.6 is 11.6 Å². The summed E-state index contributed by atoms with van der Waals surface area (Å²) in [5.74, 6) is 0.704. The smallest absolute Gasteiger partial charge is 0.0469 e. The van der Waals surface area contributed by atoms with Crippen LogP contribution in [0.25, 0.3) is 0 Å². The Hall–Kier alpha value is -0.770. The van der Waals surface area contributed by atoms with Crippen molar-refractivity contribution in [3.05, 3.63) is 28.8 Å². The van der Waals surface area contributed by atoms with Gasteiger partial charge in [-0.2, -0.15) is 0 Å². The molecule has 2 N–H and O–H groups in total. The maximum Gasteiger partial charge on any atom is 0.0469 e. The van der Waals surface area contributed by atoms with Gasteiger partial charge in [0.25, 0.3) is 0 Å². The summed E-state index contributed by atoms with van der Waals surface area (Å²) in [7, 11) is 2.15. The molecule has 1 aliphatic heterocycles. The van der Waals surface area contributed by atoms with Gasteiger partial charge in [0.1, 0.15) is 0 Å². The van der Waals surface area contributed by atoms with Gasteiger partial charge in [0, 0.05) is 43.6 Å². The van der Waals surface area contributed by atoms with E-state index < -0.39 is 0 Å². The number of benzene rings is 1. The predicted molar refractivity (Wildman–Crippen MR) is 90.2 cm³/mol. The van der Waals surface area contributed by atoms with Gasteiger partial charge < -0.3 is 15.4 Å². The Morgan fingerprint density at radius 2 is 2.10 bits per heavy atom. The minimum absolute atomic E-state index is 0.167. The molecular weight excluding hydrogens is 284 g/mol. The largest absolute Gasteiger partial charge is 0.381 e. The van der Waals surface area contributed by atoms with Crippen LogP contribution in [0.2, 0.25) is 5.02 Å². The zero-order chi connectivity index (χ0) is 15.2. The minimum atomic E-state index is 0.167. The van der Waals surface area contributed by atoms with Gasteiger partial charge in [-0.25, -0.2) is 0 Å². The fourth-order valence-electron chi connectivity index (χ4n) is 2.93. The third-order valence-corrected chi connectivity index (χ3v) is 4.72. The Morgan fingerprint density at radius 1 is 1.38 bits per heavy atom. The van der Waals surface area contributed by atoms with Crippen molar-refractivity contribution >= 4 is 17.3 Å². The van der Waals surface area contributed by atoms with Crippen molar-refractivity contribution in [1.29, 1.82) is 0 Å². The number of anilines is 1. The van der Waals surface area contributed by atoms with Gasteiger partial charge in [-0.3, -0.25) is 0 Å². The minimum Gasteiger partial charge on any atom is -0.381 e. The topological polar surface area (TPSA) is 38.5 Å². The molecule has 118 valence electrons. The third kappa shape index (κ3) is 4.60. The van der Waals surface area contributed by atoms with E-state index in [2.05, 4.69) is 24.9 Å². The average molecular weight is 311 g/mol. The molecule has 1 atom stereocenters. The van der Waals surface area contributed by atoms with Crippen LogP contribution in [0.1, 0.15) is 31.7 Å². The lowest BCUT2D eigenvalue weighted by Gasteiger charge is -2.30. The van der Waals surface area contributed by atoms with Crippen molar-refractivity contribution in [1.82, 2.24) is 0 Å². The summed E-state index contributed by atoms with van der Waals surface area (Å²) < 4.78 is 5.44. The number of ether oxygens (including phenoxy) is 1. The van der Waals surface area contributed by atoms with Crippen LogP contribution in [0.3, 0.4) is 0 Å². The van der Waals surface area contributed by atoms with E-state index in [0.717, 1.165) is 50.5 Å². The van der Waals surface area contributed by atoms with Crippen molar-refractivity contribution in [2.75, 3.05) is 31.7 Å². The first kappa shape index (κ1) is 16.6. The zero-order valence-electron chi connectivity index (χ0n) is 13.1. The molecule has 1 aromatic rings. The second-order valence-electron chi connectivity index (χ2n) is 6.05. The molecule has 1 saturated heterocycles. The van der Waals surface area contributed by atoms with Crippen molar-refractivity contribution in [3.63, 3.8) is 0 Å². The van der Waals surface area contributed by atoms with E-state index in [1.807, 2.05) is 12.1 Å². The van der Waals surface area contributed by atoms with E-state index in [-0.39, 0.29) is 6.04 Å². The highest BCUT2D eigenvalue weighted by molar-refractivity contribution is 6.31. The van der Waals surface area contributed by atoms with E-state index in [1.54, 1.807) is 0 Å². The Balaban J connectivity index is 2.11. The Bertz CT molecular complexity index is 446. The van der Waals surface area contributed by atoms with E-state index in [9.17, 15) is 0 Å². The number of hydrogen-bond donors (Lipinski definition) is 1. The maximum atomic E-state index is 6.42. The molecular formula is C17H27ClN2O. The number of hydrogen-bond acceptors (Lipinski definition) is 3. The van der Waals surface area contributed by atoms with Crippen molar-refractivity contribution in [2.24, 2.45) is 11.7 Å². The average Bonchev–Trinajstić information content (AvgIpc) is 2.50. The molecule has 0 aromatic heterocycles. The van der Waals surface area contributed by atoms with Gasteiger partial charge >= 0.3 is 0 Å². The normalized spacial score (nSPS) is 17.7. The fourth-order valence-corrected chi connectivity index (χ4v) is 3.17. The van der Waals surface area contributed by atoms with Gasteiger partial charge in [0.2, 0.25) is 0 Å². The molecule has 2 rings (SSSR count). The zero-order valence-corrected chi connectivity index (χ0v) is 13.9. The van der Waals surface area contributed by atoms with Gasteiger partial charge in [0.15, 0.2) is 0 Å². The van der Waals surface area contributed by atoms with Gasteiger partial charge in [-0.1, -0.05) is 24.6 Å². The van der Waals surface area contributed by atoms with Crippen LogP contribution in [-0.2, 0) is 11.2 Å². The lowest BCUT2D eigenvalue weighted by molar-refractivity contribution is 0.0685. The van der Waals surface area contributed by atoms with Crippen LogP contribution in [-0.4, -0.2) is 32.8 Å². The van der Waals surface area contributed by atoms with Gasteiger partial charge in [-0.15, -0.1) is 0 Å². The van der Waals surface area contributed by atoms with Crippen LogP contribution in [0.5, 0.6) is 0 Å². The summed E-state index contributed by atoms with van der Waals surface area (Å²) in [6, 6.07) is 6.31. The SMILES string of the molecule is CCC(N)Cc1c(Cl)cccc1N(C)CC1CCOCC1. The molecule has 0 amide bonds. The lowest BCUT2D eigenvalue weighted by atomic mass is 9.98.